The first-order chi connectivity index (χ1) is 7.77. The highest BCUT2D eigenvalue weighted by molar-refractivity contribution is 7.89. The van der Waals surface area contributed by atoms with E-state index >= 15 is 0 Å². The highest BCUT2D eigenvalue weighted by Gasteiger charge is 2.21. The van der Waals surface area contributed by atoms with Gasteiger partial charge in [-0.15, -0.1) is 0 Å². The van der Waals surface area contributed by atoms with Crippen molar-refractivity contribution < 1.29 is 18.3 Å². The molecule has 17 heavy (non-hydrogen) atoms. The second kappa shape index (κ2) is 4.86. The molecule has 1 heterocycles. The number of carbonyl (C=O) groups is 1. The molecule has 1 aromatic heterocycles. The van der Waals surface area contributed by atoms with E-state index < -0.39 is 22.0 Å². The molecule has 96 valence electrons. The van der Waals surface area contributed by atoms with Crippen molar-refractivity contribution in [3.8, 4) is 0 Å². The molecule has 0 saturated carbocycles. The fraction of sp³-hybridized carbons (Fsp3) is 0.444. The van der Waals surface area contributed by atoms with Gasteiger partial charge in [-0.1, -0.05) is 0 Å². The number of aryl methyl sites for hydroxylation is 1. The number of nitrogens with zero attached hydrogens (tertiary/aromatic N) is 1. The summed E-state index contributed by atoms with van der Waals surface area (Å²) in [6.45, 7) is 1.21. The molecule has 4 N–H and O–H groups in total. The highest BCUT2D eigenvalue weighted by atomic mass is 32.2. The topological polar surface area (TPSA) is 114 Å². The van der Waals surface area contributed by atoms with Crippen molar-refractivity contribution in [2.75, 3.05) is 6.61 Å². The van der Waals surface area contributed by atoms with Crippen LogP contribution >= 0.6 is 0 Å². The maximum absolute atomic E-state index is 11.8. The van der Waals surface area contributed by atoms with Crippen LogP contribution in [-0.2, 0) is 17.1 Å². The van der Waals surface area contributed by atoms with Crippen LogP contribution in [0.3, 0.4) is 0 Å². The third-order valence-electron chi connectivity index (χ3n) is 2.17. The van der Waals surface area contributed by atoms with Crippen LogP contribution < -0.4 is 10.5 Å². The number of nitrogens with two attached hydrogens (primary N) is 1. The largest absolute Gasteiger partial charge is 0.395 e. The van der Waals surface area contributed by atoms with Crippen LogP contribution in [0.25, 0.3) is 0 Å². The first-order valence-electron chi connectivity index (χ1n) is 4.87. The smallest absolute Gasteiger partial charge is 0.265 e. The summed E-state index contributed by atoms with van der Waals surface area (Å²) >= 11 is 0. The highest BCUT2D eigenvalue weighted by Crippen LogP contribution is 2.13. The summed E-state index contributed by atoms with van der Waals surface area (Å²) in [7, 11) is -2.22. The van der Waals surface area contributed by atoms with Crippen molar-refractivity contribution in [1.29, 1.82) is 0 Å². The maximum atomic E-state index is 11.8. The Bertz CT molecular complexity index is 520. The second-order valence-electron chi connectivity index (χ2n) is 3.74. The predicted octanol–water partition coefficient (Wildman–Crippen LogP) is -1.22. The number of aliphatic hydroxyl groups is 1. The van der Waals surface area contributed by atoms with Gasteiger partial charge in [-0.2, -0.15) is 0 Å². The number of amides is 1. The van der Waals surface area contributed by atoms with Gasteiger partial charge in [-0.05, 0) is 13.0 Å². The Labute approximate surface area is 99.3 Å². The average molecular weight is 261 g/mol. The minimum atomic E-state index is -3.75. The van der Waals surface area contributed by atoms with Gasteiger partial charge in [-0.25, -0.2) is 13.1 Å². The van der Waals surface area contributed by atoms with Gasteiger partial charge in [0.2, 0.25) is 10.0 Å². The zero-order chi connectivity index (χ0) is 13.2. The van der Waals surface area contributed by atoms with Crippen molar-refractivity contribution in [2.24, 2.45) is 12.8 Å². The van der Waals surface area contributed by atoms with Gasteiger partial charge < -0.3 is 15.4 Å². The number of nitrogens with one attached hydrogen (secondary N) is 1. The van der Waals surface area contributed by atoms with Crippen LogP contribution in [0.15, 0.2) is 17.2 Å². The van der Waals surface area contributed by atoms with Crippen molar-refractivity contribution in [3.63, 3.8) is 0 Å². The fourth-order valence-corrected chi connectivity index (χ4v) is 2.60. The molecule has 7 nitrogen and oxygen atoms in total. The molecule has 0 aliphatic heterocycles. The molecule has 1 rings (SSSR count). The SMILES string of the molecule is C[C@H](CO)NS(=O)(=O)c1cc(C(N)=O)n(C)c1. The molecule has 1 aromatic rings. The molecule has 0 fully saturated rings. The molecule has 0 radical (unpaired) electrons. The Balaban J connectivity index is 3.08. The molecule has 1 atom stereocenters. The molecule has 0 unspecified atom stereocenters. The molecule has 0 bridgehead atoms. The van der Waals surface area contributed by atoms with E-state index in [0.717, 1.165) is 0 Å². The van der Waals surface area contributed by atoms with Crippen LogP contribution in [0.2, 0.25) is 0 Å². The van der Waals surface area contributed by atoms with Gasteiger partial charge in [0.1, 0.15) is 10.6 Å². The Morgan fingerprint density at radius 3 is 2.65 bits per heavy atom. The molecule has 0 spiro atoms. The number of sulfonamides is 1. The molecule has 1 amide bonds. The lowest BCUT2D eigenvalue weighted by Gasteiger charge is -2.09. The molecular formula is C9H15N3O4S. The average Bonchev–Trinajstić information content (AvgIpc) is 2.60. The van der Waals surface area contributed by atoms with Crippen molar-refractivity contribution >= 4 is 15.9 Å². The molecule has 0 saturated heterocycles. The van der Waals surface area contributed by atoms with Gasteiger partial charge in [-0.3, -0.25) is 4.79 Å². The summed E-state index contributed by atoms with van der Waals surface area (Å²) in [5, 5.41) is 8.79. The number of aromatic nitrogens is 1. The lowest BCUT2D eigenvalue weighted by molar-refractivity contribution is 0.0992. The van der Waals surface area contributed by atoms with E-state index in [0.29, 0.717) is 0 Å². The Morgan fingerprint density at radius 2 is 2.24 bits per heavy atom. The van der Waals surface area contributed by atoms with Crippen molar-refractivity contribution in [1.82, 2.24) is 9.29 Å². The van der Waals surface area contributed by atoms with Crippen molar-refractivity contribution in [2.45, 2.75) is 17.9 Å². The third-order valence-corrected chi connectivity index (χ3v) is 3.73. The summed E-state index contributed by atoms with van der Waals surface area (Å²) in [6.07, 6.45) is 1.28. The van der Waals surface area contributed by atoms with E-state index in [9.17, 15) is 13.2 Å². The molecule has 0 aliphatic carbocycles. The summed E-state index contributed by atoms with van der Waals surface area (Å²) in [4.78, 5) is 10.9. The maximum Gasteiger partial charge on any atom is 0.265 e. The van der Waals surface area contributed by atoms with E-state index in [2.05, 4.69) is 4.72 Å². The Kier molecular flexibility index (Phi) is 3.91. The zero-order valence-corrected chi connectivity index (χ0v) is 10.4. The zero-order valence-electron chi connectivity index (χ0n) is 9.54. The van der Waals surface area contributed by atoms with E-state index in [1.54, 1.807) is 0 Å². The molecular weight excluding hydrogens is 246 g/mol. The number of aliphatic hydroxyl groups excluding tert-OH is 1. The number of rotatable bonds is 5. The van der Waals surface area contributed by atoms with Crippen LogP contribution in [0, 0.1) is 0 Å². The number of carbonyl (C=O) groups excluding carboxylic acids is 1. The Hall–Kier alpha value is -1.38. The summed E-state index contributed by atoms with van der Waals surface area (Å²) in [6, 6.07) is 0.589. The monoisotopic (exact) mass is 261 g/mol. The molecule has 0 aliphatic rings. The first kappa shape index (κ1) is 13.7. The lowest BCUT2D eigenvalue weighted by Crippen LogP contribution is -2.34. The van der Waals surface area contributed by atoms with Gasteiger partial charge in [0.25, 0.3) is 5.91 Å². The number of primary amides is 1. The minimum Gasteiger partial charge on any atom is -0.395 e. The second-order valence-corrected chi connectivity index (χ2v) is 5.46. The van der Waals surface area contributed by atoms with Gasteiger partial charge in [0, 0.05) is 19.3 Å². The van der Waals surface area contributed by atoms with E-state index in [-0.39, 0.29) is 17.2 Å². The fourth-order valence-electron chi connectivity index (χ4n) is 1.30. The molecule has 8 heteroatoms. The summed E-state index contributed by atoms with van der Waals surface area (Å²) in [5.41, 5.74) is 5.18. The summed E-state index contributed by atoms with van der Waals surface area (Å²) in [5.74, 6) is -0.704. The Morgan fingerprint density at radius 1 is 1.65 bits per heavy atom. The van der Waals surface area contributed by atoms with Crippen LogP contribution in [0.1, 0.15) is 17.4 Å². The lowest BCUT2D eigenvalue weighted by atomic mass is 10.4. The van der Waals surface area contributed by atoms with E-state index in [1.165, 1.54) is 30.8 Å². The molecule has 0 aromatic carbocycles. The first-order valence-corrected chi connectivity index (χ1v) is 6.35. The van der Waals surface area contributed by atoms with Crippen LogP contribution in [-0.4, -0.2) is 36.6 Å². The normalized spacial score (nSPS) is 13.6. The number of hydrogen-bond acceptors (Lipinski definition) is 4. The van der Waals surface area contributed by atoms with Gasteiger partial charge >= 0.3 is 0 Å². The third kappa shape index (κ3) is 3.05. The van der Waals surface area contributed by atoms with Crippen molar-refractivity contribution in [3.05, 3.63) is 18.0 Å². The quantitative estimate of drug-likeness (QED) is 0.616. The van der Waals surface area contributed by atoms with Gasteiger partial charge in [0.15, 0.2) is 0 Å². The van der Waals surface area contributed by atoms with Crippen LogP contribution in [0.4, 0.5) is 0 Å². The van der Waals surface area contributed by atoms with E-state index in [1.807, 2.05) is 0 Å². The minimum absolute atomic E-state index is 0.0610. The number of hydrogen-bond donors (Lipinski definition) is 3. The van der Waals surface area contributed by atoms with E-state index in [4.69, 9.17) is 10.8 Å². The standard InChI is InChI=1S/C9H15N3O4S/c1-6(5-13)11-17(15,16)7-3-8(9(10)14)12(2)4-7/h3-4,6,11,13H,5H2,1-2H3,(H2,10,14)/t6-/m1/s1. The predicted molar refractivity (Wildman–Crippen MR) is 60.8 cm³/mol. The van der Waals surface area contributed by atoms with Crippen LogP contribution in [0.5, 0.6) is 0 Å². The summed E-state index contributed by atoms with van der Waals surface area (Å²) < 4.78 is 27.2. The van der Waals surface area contributed by atoms with Gasteiger partial charge in [0.05, 0.1) is 6.61 Å².